The molecule has 2 aliphatic rings. The number of nitrogens with one attached hydrogen (secondary N) is 2. The molecule has 0 unspecified atom stereocenters. The summed E-state index contributed by atoms with van der Waals surface area (Å²) in [6.07, 6.45) is 4.69. The number of hydrogen-bond acceptors (Lipinski definition) is 6. The number of para-hydroxylation sites is 1. The second-order valence-electron chi connectivity index (χ2n) is 11.0. The van der Waals surface area contributed by atoms with Crippen LogP contribution in [0.1, 0.15) is 56.3 Å². The van der Waals surface area contributed by atoms with E-state index in [1.54, 1.807) is 35.9 Å². The van der Waals surface area contributed by atoms with Gasteiger partial charge in [-0.05, 0) is 56.2 Å². The monoisotopic (exact) mass is 606 g/mol. The molecule has 1 aliphatic carbocycles. The number of urea groups is 1. The SMILES string of the molecule is C[C@@H]1CN([C@@H](C)CO)C(=O)c2cccc(NS(=O)(=O)c3ccc(Cl)cc3)c2O[C@H]1CN(C)C(=O)NC1CCCCC1. The Morgan fingerprint density at radius 3 is 2.51 bits per heavy atom. The molecular formula is C29H39ClN4O6S. The Hall–Kier alpha value is -3.02. The van der Waals surface area contributed by atoms with E-state index < -0.39 is 22.2 Å². The van der Waals surface area contributed by atoms with E-state index in [4.69, 9.17) is 16.3 Å². The van der Waals surface area contributed by atoms with E-state index >= 15 is 0 Å². The van der Waals surface area contributed by atoms with Crippen LogP contribution in [0.3, 0.4) is 0 Å². The third kappa shape index (κ3) is 7.44. The fraction of sp³-hybridized carbons (Fsp3) is 0.517. The number of likely N-dealkylation sites (N-methyl/N-ethyl adjacent to an activating group) is 1. The Labute approximate surface area is 247 Å². The first kappa shape index (κ1) is 30.9. The smallest absolute Gasteiger partial charge is 0.317 e. The molecule has 1 saturated carbocycles. The lowest BCUT2D eigenvalue weighted by molar-refractivity contribution is 0.0368. The molecule has 1 aliphatic heterocycles. The van der Waals surface area contributed by atoms with Crippen molar-refractivity contribution in [2.45, 2.75) is 69.0 Å². The summed E-state index contributed by atoms with van der Waals surface area (Å²) in [5.41, 5.74) is 0.253. The summed E-state index contributed by atoms with van der Waals surface area (Å²) in [7, 11) is -2.35. The van der Waals surface area contributed by atoms with Crippen molar-refractivity contribution in [1.82, 2.24) is 15.1 Å². The molecule has 2 aromatic carbocycles. The summed E-state index contributed by atoms with van der Waals surface area (Å²) in [5.74, 6) is -0.572. The highest BCUT2D eigenvalue weighted by Crippen LogP contribution is 2.36. The Bertz CT molecular complexity index is 1330. The van der Waals surface area contributed by atoms with Gasteiger partial charge in [0, 0.05) is 30.6 Å². The molecule has 0 bridgehead atoms. The van der Waals surface area contributed by atoms with Crippen molar-refractivity contribution >= 4 is 39.2 Å². The van der Waals surface area contributed by atoms with Crippen LogP contribution in [0.4, 0.5) is 10.5 Å². The van der Waals surface area contributed by atoms with Gasteiger partial charge in [0.05, 0.1) is 35.3 Å². The van der Waals surface area contributed by atoms with Crippen molar-refractivity contribution in [1.29, 1.82) is 0 Å². The fourth-order valence-corrected chi connectivity index (χ4v) is 6.43. The van der Waals surface area contributed by atoms with Crippen LogP contribution in [0.2, 0.25) is 5.02 Å². The number of amides is 3. The zero-order valence-corrected chi connectivity index (χ0v) is 25.2. The molecule has 3 amide bonds. The van der Waals surface area contributed by atoms with Crippen molar-refractivity contribution in [2.24, 2.45) is 5.92 Å². The van der Waals surface area contributed by atoms with E-state index in [-0.39, 0.29) is 65.5 Å². The number of fused-ring (bicyclic) bond motifs is 1. The maximum Gasteiger partial charge on any atom is 0.317 e. The number of anilines is 1. The Kier molecular flexibility index (Phi) is 10.0. The van der Waals surface area contributed by atoms with E-state index in [0.717, 1.165) is 25.7 Å². The van der Waals surface area contributed by atoms with E-state index in [9.17, 15) is 23.1 Å². The highest BCUT2D eigenvalue weighted by molar-refractivity contribution is 7.92. The minimum absolute atomic E-state index is 0.00348. The molecule has 2 aromatic rings. The maximum atomic E-state index is 13.7. The normalized spacial score (nSPS) is 20.7. The number of carbonyl (C=O) groups excluding carboxylic acids is 2. The Morgan fingerprint density at radius 1 is 1.17 bits per heavy atom. The van der Waals surface area contributed by atoms with Crippen LogP contribution in [0, 0.1) is 5.92 Å². The van der Waals surface area contributed by atoms with E-state index in [2.05, 4.69) is 10.0 Å². The molecule has 0 radical (unpaired) electrons. The van der Waals surface area contributed by atoms with Crippen LogP contribution >= 0.6 is 11.6 Å². The first-order valence-corrected chi connectivity index (χ1v) is 15.9. The molecule has 224 valence electrons. The molecule has 0 aromatic heterocycles. The molecule has 4 rings (SSSR count). The van der Waals surface area contributed by atoms with Gasteiger partial charge in [-0.3, -0.25) is 9.52 Å². The second-order valence-corrected chi connectivity index (χ2v) is 13.1. The van der Waals surface area contributed by atoms with Gasteiger partial charge in [0.1, 0.15) is 6.10 Å². The number of benzene rings is 2. The van der Waals surface area contributed by atoms with E-state index in [1.807, 2.05) is 6.92 Å². The lowest BCUT2D eigenvalue weighted by Crippen LogP contribution is -2.52. The number of rotatable bonds is 8. The molecule has 1 heterocycles. The maximum absolute atomic E-state index is 13.7. The van der Waals surface area contributed by atoms with Crippen LogP contribution in [-0.2, 0) is 10.0 Å². The summed E-state index contributed by atoms with van der Waals surface area (Å²) in [5, 5.41) is 13.4. The molecule has 0 spiro atoms. The zero-order valence-electron chi connectivity index (χ0n) is 23.7. The second kappa shape index (κ2) is 13.3. The molecule has 1 fully saturated rings. The zero-order chi connectivity index (χ0) is 29.7. The molecule has 3 N–H and O–H groups in total. The van der Waals surface area contributed by atoms with Gasteiger partial charge >= 0.3 is 6.03 Å². The number of carbonyl (C=O) groups is 2. The molecule has 12 heteroatoms. The van der Waals surface area contributed by atoms with Gasteiger partial charge in [0.25, 0.3) is 15.9 Å². The third-order valence-corrected chi connectivity index (χ3v) is 9.43. The van der Waals surface area contributed by atoms with Crippen molar-refractivity contribution in [2.75, 3.05) is 31.5 Å². The molecule has 0 saturated heterocycles. The number of aliphatic hydroxyl groups is 1. The van der Waals surface area contributed by atoms with Gasteiger partial charge in [-0.2, -0.15) is 0 Å². The van der Waals surface area contributed by atoms with Crippen LogP contribution in [0.25, 0.3) is 0 Å². The number of halogens is 1. The molecule has 41 heavy (non-hydrogen) atoms. The van der Waals surface area contributed by atoms with Crippen molar-refractivity contribution in [3.05, 3.63) is 53.1 Å². The number of nitrogens with zero attached hydrogens (tertiary/aromatic N) is 2. The van der Waals surface area contributed by atoms with E-state index in [0.29, 0.717) is 5.02 Å². The lowest BCUT2D eigenvalue weighted by Gasteiger charge is -2.38. The summed E-state index contributed by atoms with van der Waals surface area (Å²) in [4.78, 5) is 29.9. The fourth-order valence-electron chi connectivity index (χ4n) is 5.24. The number of aliphatic hydroxyl groups excluding tert-OH is 1. The average Bonchev–Trinajstić information content (AvgIpc) is 2.95. The van der Waals surface area contributed by atoms with Crippen LogP contribution in [-0.4, -0.2) is 80.2 Å². The van der Waals surface area contributed by atoms with Gasteiger partial charge in [0.2, 0.25) is 0 Å². The minimum Gasteiger partial charge on any atom is -0.485 e. The highest BCUT2D eigenvalue weighted by atomic mass is 35.5. The van der Waals surface area contributed by atoms with Crippen LogP contribution in [0.5, 0.6) is 5.75 Å². The first-order chi connectivity index (χ1) is 19.5. The molecule has 10 nitrogen and oxygen atoms in total. The number of hydrogen-bond donors (Lipinski definition) is 3. The van der Waals surface area contributed by atoms with Crippen LogP contribution < -0.4 is 14.8 Å². The predicted molar refractivity (Wildman–Crippen MR) is 158 cm³/mol. The number of ether oxygens (including phenoxy) is 1. The van der Waals surface area contributed by atoms with Gasteiger partial charge in [-0.1, -0.05) is 43.9 Å². The average molecular weight is 607 g/mol. The summed E-state index contributed by atoms with van der Waals surface area (Å²) < 4.78 is 35.5. The topological polar surface area (TPSA) is 128 Å². The lowest BCUT2D eigenvalue weighted by atomic mass is 9.96. The van der Waals surface area contributed by atoms with Crippen molar-refractivity contribution < 1.29 is 27.9 Å². The van der Waals surface area contributed by atoms with Gasteiger partial charge in [0.15, 0.2) is 5.75 Å². The first-order valence-electron chi connectivity index (χ1n) is 14.0. The summed E-state index contributed by atoms with van der Waals surface area (Å²) in [6.45, 7) is 3.90. The summed E-state index contributed by atoms with van der Waals surface area (Å²) in [6, 6.07) is 9.86. The Balaban J connectivity index is 1.66. The predicted octanol–water partition coefficient (Wildman–Crippen LogP) is 4.34. The van der Waals surface area contributed by atoms with E-state index in [1.165, 1.54) is 36.8 Å². The molecular weight excluding hydrogens is 568 g/mol. The largest absolute Gasteiger partial charge is 0.485 e. The standard InChI is InChI=1S/C29H39ClN4O6S/c1-19-16-34(20(2)18-35)28(36)24-10-7-11-25(32-41(38,39)23-14-12-21(30)13-15-23)27(24)40-26(19)17-33(3)29(37)31-22-8-5-4-6-9-22/h7,10-15,19-20,22,26,32,35H,4-6,8-9,16-18H2,1-3H3,(H,31,37)/t19-,20+,26+/m1/s1. The third-order valence-electron chi connectivity index (χ3n) is 7.79. The van der Waals surface area contributed by atoms with Crippen molar-refractivity contribution in [3.8, 4) is 5.75 Å². The van der Waals surface area contributed by atoms with Crippen LogP contribution in [0.15, 0.2) is 47.4 Å². The number of sulfonamides is 1. The summed E-state index contributed by atoms with van der Waals surface area (Å²) >= 11 is 5.94. The quantitative estimate of drug-likeness (QED) is 0.410. The Morgan fingerprint density at radius 2 is 1.85 bits per heavy atom. The van der Waals surface area contributed by atoms with Crippen molar-refractivity contribution in [3.63, 3.8) is 0 Å². The highest BCUT2D eigenvalue weighted by Gasteiger charge is 2.35. The van der Waals surface area contributed by atoms with Gasteiger partial charge in [-0.15, -0.1) is 0 Å². The molecule has 3 atom stereocenters. The van der Waals surface area contributed by atoms with Gasteiger partial charge < -0.3 is 25.0 Å². The minimum atomic E-state index is -4.05. The van der Waals surface area contributed by atoms with Gasteiger partial charge in [-0.25, -0.2) is 13.2 Å².